The summed E-state index contributed by atoms with van der Waals surface area (Å²) < 4.78 is 7.52. The normalized spacial score (nSPS) is 10.3. The largest absolute Gasteiger partial charge is 0.497 e. The van der Waals surface area contributed by atoms with Crippen molar-refractivity contribution in [2.75, 3.05) is 14.2 Å². The summed E-state index contributed by atoms with van der Waals surface area (Å²) in [5.41, 5.74) is 2.14. The van der Waals surface area contributed by atoms with Gasteiger partial charge in [-0.25, -0.2) is 0 Å². The van der Waals surface area contributed by atoms with E-state index in [9.17, 15) is 0 Å². The van der Waals surface area contributed by atoms with E-state index < -0.39 is 0 Å². The summed E-state index contributed by atoms with van der Waals surface area (Å²) >= 11 is 6.78. The second kappa shape index (κ2) is 4.89. The lowest BCUT2D eigenvalue weighted by molar-refractivity contribution is 0.161. The first-order valence-electron chi connectivity index (χ1n) is 5.08. The minimum absolute atomic E-state index is 0.718. The van der Waals surface area contributed by atoms with E-state index in [4.69, 9.17) is 21.8 Å². The number of rotatable bonds is 3. The summed E-state index contributed by atoms with van der Waals surface area (Å²) in [4.78, 5) is 6.35. The molecule has 0 N–H and O–H groups in total. The molecule has 90 valence electrons. The predicted octanol–water partition coefficient (Wildman–Crippen LogP) is 3.32. The molecule has 0 radical (unpaired) electrons. The molecule has 0 atom stereocenters. The van der Waals surface area contributed by atoms with Crippen molar-refractivity contribution in [1.29, 1.82) is 0 Å². The van der Waals surface area contributed by atoms with Crippen molar-refractivity contribution in [3.05, 3.63) is 33.9 Å². The molecule has 0 unspecified atom stereocenters. The number of aromatic nitrogens is 1. The highest BCUT2D eigenvalue weighted by atomic mass is 32.1. The van der Waals surface area contributed by atoms with Crippen LogP contribution in [0.4, 0.5) is 0 Å². The summed E-state index contributed by atoms with van der Waals surface area (Å²) in [6.45, 7) is 2.00. The van der Waals surface area contributed by atoms with Crippen LogP contribution in [-0.2, 0) is 0 Å². The van der Waals surface area contributed by atoms with Gasteiger partial charge in [0, 0.05) is 0 Å². The molecule has 0 aliphatic heterocycles. The Kier molecular flexibility index (Phi) is 3.49. The topological polar surface area (TPSA) is 23.4 Å². The fraction of sp³-hybridized carbons (Fsp3) is 0.250. The Morgan fingerprint density at radius 2 is 1.82 bits per heavy atom. The van der Waals surface area contributed by atoms with Gasteiger partial charge in [-0.15, -0.1) is 11.3 Å². The van der Waals surface area contributed by atoms with Crippen LogP contribution in [0.5, 0.6) is 5.75 Å². The Balaban J connectivity index is 2.49. The van der Waals surface area contributed by atoms with Gasteiger partial charge in [0.2, 0.25) is 0 Å². The Hall–Kier alpha value is -1.33. The summed E-state index contributed by atoms with van der Waals surface area (Å²) in [7, 11) is 3.28. The fourth-order valence-corrected chi connectivity index (χ4v) is 3.07. The Morgan fingerprint density at radius 1 is 1.18 bits per heavy atom. The van der Waals surface area contributed by atoms with Crippen molar-refractivity contribution in [2.45, 2.75) is 6.92 Å². The van der Waals surface area contributed by atoms with Crippen LogP contribution in [0.2, 0.25) is 0 Å². The van der Waals surface area contributed by atoms with E-state index in [1.54, 1.807) is 30.3 Å². The second-order valence-electron chi connectivity index (χ2n) is 3.49. The molecule has 1 aromatic heterocycles. The van der Waals surface area contributed by atoms with E-state index in [2.05, 4.69) is 0 Å². The van der Waals surface area contributed by atoms with Crippen LogP contribution in [-0.4, -0.2) is 19.0 Å². The van der Waals surface area contributed by atoms with Gasteiger partial charge in [0.05, 0.1) is 17.7 Å². The van der Waals surface area contributed by atoms with Crippen LogP contribution >= 0.6 is 23.6 Å². The molecule has 2 aromatic rings. The van der Waals surface area contributed by atoms with Gasteiger partial charge in [0.15, 0.2) is 3.95 Å². The summed E-state index contributed by atoms with van der Waals surface area (Å²) in [5.74, 6) is 0.848. The van der Waals surface area contributed by atoms with E-state index in [1.807, 2.05) is 31.2 Å². The average molecular weight is 267 g/mol. The Bertz CT molecular complexity index is 569. The molecule has 0 bridgehead atoms. The lowest BCUT2D eigenvalue weighted by atomic mass is 10.1. The van der Waals surface area contributed by atoms with Gasteiger partial charge in [-0.3, -0.25) is 0 Å². The van der Waals surface area contributed by atoms with Crippen LogP contribution in [0.15, 0.2) is 24.3 Å². The molecule has 17 heavy (non-hydrogen) atoms. The van der Waals surface area contributed by atoms with Crippen molar-refractivity contribution in [1.82, 2.24) is 4.73 Å². The molecule has 1 aromatic carbocycles. The zero-order valence-corrected chi connectivity index (χ0v) is 11.5. The number of hydrogen-bond donors (Lipinski definition) is 0. The van der Waals surface area contributed by atoms with E-state index in [-0.39, 0.29) is 0 Å². The van der Waals surface area contributed by atoms with E-state index in [0.29, 0.717) is 0 Å². The third-order valence-corrected chi connectivity index (χ3v) is 4.01. The first kappa shape index (κ1) is 12.1. The highest BCUT2D eigenvalue weighted by molar-refractivity contribution is 7.73. The summed E-state index contributed by atoms with van der Waals surface area (Å²) in [5, 5.41) is 0. The average Bonchev–Trinajstić information content (AvgIpc) is 2.64. The monoisotopic (exact) mass is 267 g/mol. The molecule has 0 aliphatic rings. The highest BCUT2D eigenvalue weighted by Gasteiger charge is 2.10. The van der Waals surface area contributed by atoms with Gasteiger partial charge in [0.25, 0.3) is 0 Å². The van der Waals surface area contributed by atoms with Gasteiger partial charge in [-0.2, -0.15) is 4.73 Å². The number of benzene rings is 1. The SMILES string of the molecule is COc1ccc(-c2sc(=S)n(OC)c2C)cc1. The molecule has 0 fully saturated rings. The van der Waals surface area contributed by atoms with Gasteiger partial charge in [-0.1, -0.05) is 0 Å². The fourth-order valence-electron chi connectivity index (χ4n) is 1.65. The van der Waals surface area contributed by atoms with Crippen molar-refractivity contribution < 1.29 is 9.57 Å². The van der Waals surface area contributed by atoms with E-state index in [1.165, 1.54) is 0 Å². The number of hydrogen-bond acceptors (Lipinski definition) is 4. The predicted molar refractivity (Wildman–Crippen MR) is 72.4 cm³/mol. The lowest BCUT2D eigenvalue weighted by Gasteiger charge is -2.04. The number of thiazole rings is 1. The second-order valence-corrected chi connectivity index (χ2v) is 5.13. The molecule has 1 heterocycles. The molecule has 0 amide bonds. The van der Waals surface area contributed by atoms with Gasteiger partial charge in [-0.05, 0) is 49.0 Å². The minimum Gasteiger partial charge on any atom is -0.497 e. The van der Waals surface area contributed by atoms with E-state index >= 15 is 0 Å². The third kappa shape index (κ3) is 2.21. The smallest absolute Gasteiger partial charge is 0.197 e. The number of nitrogens with zero attached hydrogens (tertiary/aromatic N) is 1. The third-order valence-electron chi connectivity index (χ3n) is 2.52. The summed E-state index contributed by atoms with van der Waals surface area (Å²) in [6.07, 6.45) is 0. The molecular formula is C12H13NO2S2. The molecule has 0 saturated heterocycles. The minimum atomic E-state index is 0.718. The zero-order chi connectivity index (χ0) is 12.4. The van der Waals surface area contributed by atoms with Crippen molar-refractivity contribution in [2.24, 2.45) is 0 Å². The van der Waals surface area contributed by atoms with Crippen molar-refractivity contribution in [3.8, 4) is 16.2 Å². The molecule has 0 saturated carbocycles. The van der Waals surface area contributed by atoms with Crippen molar-refractivity contribution in [3.63, 3.8) is 0 Å². The van der Waals surface area contributed by atoms with Crippen LogP contribution in [0.1, 0.15) is 5.69 Å². The number of ether oxygens (including phenoxy) is 1. The maximum atomic E-state index is 5.24. The molecule has 3 nitrogen and oxygen atoms in total. The molecular weight excluding hydrogens is 254 g/mol. The summed E-state index contributed by atoms with van der Waals surface area (Å²) in [6, 6.07) is 7.92. The molecule has 0 spiro atoms. The Labute approximate surface area is 109 Å². The standard InChI is InChI=1S/C12H13NO2S2/c1-8-11(17-12(16)13(8)15-3)9-4-6-10(14-2)7-5-9/h4-7H,1-3H3. The maximum Gasteiger partial charge on any atom is 0.197 e. The zero-order valence-electron chi connectivity index (χ0n) is 9.89. The van der Waals surface area contributed by atoms with Crippen LogP contribution in [0.25, 0.3) is 10.4 Å². The Morgan fingerprint density at radius 3 is 2.29 bits per heavy atom. The van der Waals surface area contributed by atoms with Gasteiger partial charge in [0.1, 0.15) is 12.9 Å². The number of methoxy groups -OCH3 is 1. The van der Waals surface area contributed by atoms with Crippen LogP contribution in [0.3, 0.4) is 0 Å². The maximum absolute atomic E-state index is 5.24. The molecule has 5 heteroatoms. The van der Waals surface area contributed by atoms with Crippen molar-refractivity contribution >= 4 is 23.6 Å². The van der Waals surface area contributed by atoms with Crippen LogP contribution < -0.4 is 9.57 Å². The highest BCUT2D eigenvalue weighted by Crippen LogP contribution is 2.31. The van der Waals surface area contributed by atoms with Gasteiger partial charge < -0.3 is 9.57 Å². The van der Waals surface area contributed by atoms with E-state index in [0.717, 1.165) is 25.8 Å². The molecule has 0 aliphatic carbocycles. The van der Waals surface area contributed by atoms with Gasteiger partial charge >= 0.3 is 0 Å². The lowest BCUT2D eigenvalue weighted by Crippen LogP contribution is -2.06. The molecule has 2 rings (SSSR count). The quantitative estimate of drug-likeness (QED) is 0.797. The van der Waals surface area contributed by atoms with Crippen LogP contribution in [0, 0.1) is 10.9 Å². The first-order chi connectivity index (χ1) is 8.17. The first-order valence-corrected chi connectivity index (χ1v) is 6.31.